The van der Waals surface area contributed by atoms with E-state index in [1.807, 2.05) is 0 Å². The molecular formula is C20H21Cl2NO5. The van der Waals surface area contributed by atoms with Crippen LogP contribution in [-0.2, 0) is 4.74 Å². The number of hydrogen-bond acceptors (Lipinski definition) is 5. The standard InChI is InChI=1S/C20H21Cl2NO5/c1-3-4-5-6-13(2)27-20(24)16-12-15(8-9-18(16)23(25)26)28-19-10-7-14(21)11-17(19)22/h7-13H,3-6H2,1-2H3. The Morgan fingerprint density at radius 3 is 2.57 bits per heavy atom. The largest absolute Gasteiger partial charge is 0.459 e. The van der Waals surface area contributed by atoms with Gasteiger partial charge < -0.3 is 9.47 Å². The third-order valence-electron chi connectivity index (χ3n) is 4.03. The molecule has 0 N–H and O–H groups in total. The molecule has 28 heavy (non-hydrogen) atoms. The van der Waals surface area contributed by atoms with Crippen LogP contribution in [0, 0.1) is 10.1 Å². The summed E-state index contributed by atoms with van der Waals surface area (Å²) in [6, 6.07) is 8.56. The van der Waals surface area contributed by atoms with Crippen LogP contribution in [0.25, 0.3) is 0 Å². The summed E-state index contributed by atoms with van der Waals surface area (Å²) in [5, 5.41) is 12.0. The highest BCUT2D eigenvalue weighted by molar-refractivity contribution is 6.35. The fourth-order valence-corrected chi connectivity index (χ4v) is 3.02. The number of nitro benzene ring substituents is 1. The third-order valence-corrected chi connectivity index (χ3v) is 4.56. The van der Waals surface area contributed by atoms with Crippen LogP contribution in [0.4, 0.5) is 5.69 Å². The summed E-state index contributed by atoms with van der Waals surface area (Å²) in [6.45, 7) is 3.85. The molecule has 0 saturated heterocycles. The molecule has 0 aliphatic carbocycles. The molecule has 2 aromatic carbocycles. The Hall–Kier alpha value is -2.31. The maximum absolute atomic E-state index is 12.5. The molecule has 0 spiro atoms. The number of carbonyl (C=O) groups excluding carboxylic acids is 1. The first-order chi connectivity index (χ1) is 13.3. The first-order valence-corrected chi connectivity index (χ1v) is 9.69. The molecule has 0 aliphatic heterocycles. The Kier molecular flexibility index (Phi) is 8.08. The average Bonchev–Trinajstić information content (AvgIpc) is 2.64. The van der Waals surface area contributed by atoms with Crippen molar-refractivity contribution in [2.45, 2.75) is 45.6 Å². The average molecular weight is 426 g/mol. The summed E-state index contributed by atoms with van der Waals surface area (Å²) < 4.78 is 11.0. The number of unbranched alkanes of at least 4 members (excludes halogenated alkanes) is 2. The third kappa shape index (κ3) is 6.11. The number of nitrogens with zero attached hydrogens (tertiary/aromatic N) is 1. The molecule has 6 nitrogen and oxygen atoms in total. The molecule has 0 bridgehead atoms. The molecule has 0 saturated carbocycles. The summed E-state index contributed by atoms with van der Waals surface area (Å²) in [5.74, 6) is -0.226. The Morgan fingerprint density at radius 2 is 1.93 bits per heavy atom. The van der Waals surface area contributed by atoms with Crippen molar-refractivity contribution in [3.63, 3.8) is 0 Å². The van der Waals surface area contributed by atoms with Crippen LogP contribution in [0.15, 0.2) is 36.4 Å². The fraction of sp³-hybridized carbons (Fsp3) is 0.350. The lowest BCUT2D eigenvalue weighted by Gasteiger charge is -2.14. The SMILES string of the molecule is CCCCCC(C)OC(=O)c1cc(Oc2ccc(Cl)cc2Cl)ccc1[N+](=O)[O-]. The highest BCUT2D eigenvalue weighted by Gasteiger charge is 2.24. The second-order valence-corrected chi connectivity index (χ2v) is 7.17. The molecule has 2 aromatic rings. The number of ether oxygens (including phenoxy) is 2. The van der Waals surface area contributed by atoms with E-state index in [2.05, 4.69) is 6.92 Å². The second kappa shape index (κ2) is 10.3. The number of rotatable bonds is 9. The maximum Gasteiger partial charge on any atom is 0.345 e. The number of esters is 1. The van der Waals surface area contributed by atoms with Gasteiger partial charge in [-0.05, 0) is 44.0 Å². The molecule has 2 rings (SSSR count). The van der Waals surface area contributed by atoms with Crippen LogP contribution < -0.4 is 4.74 Å². The van der Waals surface area contributed by atoms with Crippen molar-refractivity contribution in [3.05, 3.63) is 62.1 Å². The van der Waals surface area contributed by atoms with Crippen molar-refractivity contribution in [1.82, 2.24) is 0 Å². The first kappa shape index (κ1) is 22.0. The van der Waals surface area contributed by atoms with Gasteiger partial charge in [-0.25, -0.2) is 4.79 Å². The Labute approximate surface area is 173 Å². The topological polar surface area (TPSA) is 78.7 Å². The van der Waals surface area contributed by atoms with E-state index >= 15 is 0 Å². The predicted molar refractivity (Wildman–Crippen MR) is 109 cm³/mol. The van der Waals surface area contributed by atoms with Gasteiger partial charge in [0.15, 0.2) is 0 Å². The van der Waals surface area contributed by atoms with Crippen LogP contribution in [-0.4, -0.2) is 17.0 Å². The Balaban J connectivity index is 2.22. The Morgan fingerprint density at radius 1 is 1.18 bits per heavy atom. The van der Waals surface area contributed by atoms with E-state index in [9.17, 15) is 14.9 Å². The van der Waals surface area contributed by atoms with Crippen molar-refractivity contribution in [1.29, 1.82) is 0 Å². The van der Waals surface area contributed by atoms with E-state index in [4.69, 9.17) is 32.7 Å². The summed E-state index contributed by atoms with van der Waals surface area (Å²) in [5.41, 5.74) is -0.518. The minimum Gasteiger partial charge on any atom is -0.459 e. The summed E-state index contributed by atoms with van der Waals surface area (Å²) in [4.78, 5) is 23.2. The number of hydrogen-bond donors (Lipinski definition) is 0. The zero-order valence-electron chi connectivity index (χ0n) is 15.6. The van der Waals surface area contributed by atoms with E-state index in [-0.39, 0.29) is 28.1 Å². The number of carbonyl (C=O) groups is 1. The van der Waals surface area contributed by atoms with Crippen molar-refractivity contribution >= 4 is 34.9 Å². The lowest BCUT2D eigenvalue weighted by atomic mass is 10.1. The van der Waals surface area contributed by atoms with Crippen LogP contribution in [0.5, 0.6) is 11.5 Å². The zero-order chi connectivity index (χ0) is 20.7. The van der Waals surface area contributed by atoms with E-state index in [1.54, 1.807) is 19.1 Å². The van der Waals surface area contributed by atoms with Gasteiger partial charge in [0.1, 0.15) is 17.1 Å². The molecular weight excluding hydrogens is 405 g/mol. The molecule has 0 radical (unpaired) electrons. The maximum atomic E-state index is 12.5. The minimum absolute atomic E-state index is 0.171. The van der Waals surface area contributed by atoms with Crippen molar-refractivity contribution in [2.24, 2.45) is 0 Å². The predicted octanol–water partition coefficient (Wildman–Crippen LogP) is 6.82. The molecule has 0 aromatic heterocycles. The smallest absolute Gasteiger partial charge is 0.345 e. The summed E-state index contributed by atoms with van der Waals surface area (Å²) in [6.07, 6.45) is 3.37. The van der Waals surface area contributed by atoms with Crippen molar-refractivity contribution in [2.75, 3.05) is 0 Å². The molecule has 8 heteroatoms. The van der Waals surface area contributed by atoms with E-state index in [0.717, 1.165) is 19.3 Å². The second-order valence-electron chi connectivity index (χ2n) is 6.32. The normalized spacial score (nSPS) is 11.7. The van der Waals surface area contributed by atoms with Crippen molar-refractivity contribution in [3.8, 4) is 11.5 Å². The van der Waals surface area contributed by atoms with Gasteiger partial charge >= 0.3 is 5.97 Å². The van der Waals surface area contributed by atoms with Gasteiger partial charge in [0.25, 0.3) is 5.69 Å². The Bertz CT molecular complexity index is 856. The molecule has 0 amide bonds. The van der Waals surface area contributed by atoms with Gasteiger partial charge in [-0.15, -0.1) is 0 Å². The summed E-state index contributed by atoms with van der Waals surface area (Å²) in [7, 11) is 0. The van der Waals surface area contributed by atoms with Gasteiger partial charge in [-0.3, -0.25) is 10.1 Å². The molecule has 1 atom stereocenters. The summed E-state index contributed by atoms with van der Waals surface area (Å²) >= 11 is 11.9. The minimum atomic E-state index is -0.761. The molecule has 0 heterocycles. The lowest BCUT2D eigenvalue weighted by Crippen LogP contribution is -2.16. The molecule has 150 valence electrons. The zero-order valence-corrected chi connectivity index (χ0v) is 17.1. The van der Waals surface area contributed by atoms with Gasteiger partial charge in [-0.2, -0.15) is 0 Å². The lowest BCUT2D eigenvalue weighted by molar-refractivity contribution is -0.385. The molecule has 1 unspecified atom stereocenters. The molecule has 0 fully saturated rings. The molecule has 0 aliphatic rings. The van der Waals surface area contributed by atoms with E-state index in [1.165, 1.54) is 24.3 Å². The van der Waals surface area contributed by atoms with Crippen LogP contribution in [0.1, 0.15) is 49.9 Å². The first-order valence-electron chi connectivity index (χ1n) is 8.94. The van der Waals surface area contributed by atoms with Crippen LogP contribution >= 0.6 is 23.2 Å². The fourth-order valence-electron chi connectivity index (χ4n) is 2.57. The number of halogens is 2. The van der Waals surface area contributed by atoms with Gasteiger partial charge in [0.2, 0.25) is 0 Å². The van der Waals surface area contributed by atoms with E-state index in [0.29, 0.717) is 17.2 Å². The monoisotopic (exact) mass is 425 g/mol. The van der Waals surface area contributed by atoms with Gasteiger partial charge in [-0.1, -0.05) is 43.0 Å². The van der Waals surface area contributed by atoms with E-state index < -0.39 is 10.9 Å². The number of nitro groups is 1. The van der Waals surface area contributed by atoms with Gasteiger partial charge in [0.05, 0.1) is 16.0 Å². The highest BCUT2D eigenvalue weighted by Crippen LogP contribution is 2.33. The quantitative estimate of drug-likeness (QED) is 0.190. The van der Waals surface area contributed by atoms with Crippen LogP contribution in [0.3, 0.4) is 0 Å². The van der Waals surface area contributed by atoms with Crippen LogP contribution in [0.2, 0.25) is 10.0 Å². The highest BCUT2D eigenvalue weighted by atomic mass is 35.5. The van der Waals surface area contributed by atoms with Crippen molar-refractivity contribution < 1.29 is 19.2 Å². The number of benzene rings is 2. The van der Waals surface area contributed by atoms with Gasteiger partial charge in [0, 0.05) is 17.2 Å².